The first-order valence-corrected chi connectivity index (χ1v) is 7.54. The first-order valence-electron chi connectivity index (χ1n) is 7.54. The van der Waals surface area contributed by atoms with Gasteiger partial charge in [0.1, 0.15) is 11.6 Å². The van der Waals surface area contributed by atoms with Crippen molar-refractivity contribution in [2.75, 3.05) is 11.9 Å². The number of anilines is 1. The minimum atomic E-state index is -4.68. The molecule has 1 aliphatic heterocycles. The van der Waals surface area contributed by atoms with Gasteiger partial charge >= 0.3 is 6.36 Å². The average molecular weight is 325 g/mol. The van der Waals surface area contributed by atoms with E-state index in [9.17, 15) is 13.2 Å². The molecule has 0 unspecified atom stereocenters. The molecule has 1 aromatic heterocycles. The lowest BCUT2D eigenvalue weighted by Crippen LogP contribution is -2.17. The summed E-state index contributed by atoms with van der Waals surface area (Å²) >= 11 is 0. The van der Waals surface area contributed by atoms with E-state index in [1.807, 2.05) is 0 Å². The molecular weight excluding hydrogens is 307 g/mol. The summed E-state index contributed by atoms with van der Waals surface area (Å²) < 4.78 is 42.3. The fraction of sp³-hybridized carbons (Fsp3) is 0.438. The highest BCUT2D eigenvalue weighted by Crippen LogP contribution is 2.31. The van der Waals surface area contributed by atoms with Crippen LogP contribution in [0, 0.1) is 5.92 Å². The molecule has 0 fully saturated rings. The Hall–Kier alpha value is -2.18. The molecule has 1 N–H and O–H groups in total. The van der Waals surface area contributed by atoms with Gasteiger partial charge in [0.25, 0.3) is 0 Å². The topological polar surface area (TPSA) is 39.1 Å². The first kappa shape index (κ1) is 15.7. The largest absolute Gasteiger partial charge is 0.573 e. The summed E-state index contributed by atoms with van der Waals surface area (Å²) in [4.78, 5) is 0. The zero-order valence-electron chi connectivity index (χ0n) is 12.9. The highest BCUT2D eigenvalue weighted by Gasteiger charge is 2.31. The van der Waals surface area contributed by atoms with Crippen LogP contribution < -0.4 is 10.1 Å². The van der Waals surface area contributed by atoms with E-state index in [0.717, 1.165) is 30.9 Å². The maximum Gasteiger partial charge on any atom is 0.573 e. The Labute approximate surface area is 132 Å². The number of hydrogen-bond donors (Lipinski definition) is 1. The van der Waals surface area contributed by atoms with E-state index in [1.54, 1.807) is 16.8 Å². The molecule has 7 heteroatoms. The van der Waals surface area contributed by atoms with Gasteiger partial charge in [0.2, 0.25) is 0 Å². The van der Waals surface area contributed by atoms with Crippen LogP contribution in [0.25, 0.3) is 5.69 Å². The van der Waals surface area contributed by atoms with Crippen LogP contribution >= 0.6 is 0 Å². The van der Waals surface area contributed by atoms with Gasteiger partial charge in [-0.2, -0.15) is 5.10 Å². The summed E-state index contributed by atoms with van der Waals surface area (Å²) in [5.41, 5.74) is 2.96. The van der Waals surface area contributed by atoms with Crippen LogP contribution in [0.2, 0.25) is 0 Å². The van der Waals surface area contributed by atoms with Crippen LogP contribution in [0.5, 0.6) is 5.75 Å². The van der Waals surface area contributed by atoms with Crippen molar-refractivity contribution in [3.05, 3.63) is 35.5 Å². The molecule has 0 atom stereocenters. The van der Waals surface area contributed by atoms with Crippen LogP contribution in [0.15, 0.2) is 24.3 Å². The number of nitrogens with one attached hydrogen (secondary N) is 1. The lowest BCUT2D eigenvalue weighted by molar-refractivity contribution is -0.274. The van der Waals surface area contributed by atoms with E-state index in [0.29, 0.717) is 11.6 Å². The van der Waals surface area contributed by atoms with Gasteiger partial charge in [-0.3, -0.25) is 0 Å². The van der Waals surface area contributed by atoms with Gasteiger partial charge in [-0.1, -0.05) is 13.8 Å². The van der Waals surface area contributed by atoms with Crippen LogP contribution in [0.1, 0.15) is 25.1 Å². The van der Waals surface area contributed by atoms with Crippen molar-refractivity contribution in [2.24, 2.45) is 5.92 Å². The standard InChI is InChI=1S/C16H18F3N3O/c1-10(2)9-14-13-7-8-20-15(13)22(21-14)11-3-5-12(6-4-11)23-16(17,18)19/h3-6,10,20H,7-9H2,1-2H3. The first-order chi connectivity index (χ1) is 10.8. The van der Waals surface area contributed by atoms with Crippen LogP contribution in [-0.4, -0.2) is 22.7 Å². The van der Waals surface area contributed by atoms with Crippen molar-refractivity contribution >= 4 is 5.82 Å². The van der Waals surface area contributed by atoms with E-state index in [-0.39, 0.29) is 5.75 Å². The number of nitrogens with zero attached hydrogens (tertiary/aromatic N) is 2. The number of fused-ring (bicyclic) bond motifs is 1. The molecule has 124 valence electrons. The molecule has 2 heterocycles. The summed E-state index contributed by atoms with van der Waals surface area (Å²) in [5, 5.41) is 7.94. The van der Waals surface area contributed by atoms with Gasteiger partial charge in [-0.05, 0) is 43.0 Å². The lowest BCUT2D eigenvalue weighted by atomic mass is 10.0. The minimum absolute atomic E-state index is 0.236. The molecule has 0 spiro atoms. The van der Waals surface area contributed by atoms with Crippen LogP contribution in [-0.2, 0) is 12.8 Å². The Bertz CT molecular complexity index is 690. The Kier molecular flexibility index (Phi) is 3.95. The minimum Gasteiger partial charge on any atom is -0.406 e. The van der Waals surface area contributed by atoms with Gasteiger partial charge in [-0.25, -0.2) is 4.68 Å². The number of alkyl halides is 3. The molecule has 2 aromatic rings. The van der Waals surface area contributed by atoms with E-state index in [1.165, 1.54) is 17.7 Å². The third-order valence-electron chi connectivity index (χ3n) is 3.65. The molecule has 23 heavy (non-hydrogen) atoms. The van der Waals surface area contributed by atoms with E-state index >= 15 is 0 Å². The highest BCUT2D eigenvalue weighted by atomic mass is 19.4. The van der Waals surface area contributed by atoms with Gasteiger partial charge in [0.15, 0.2) is 0 Å². The van der Waals surface area contributed by atoms with Gasteiger partial charge < -0.3 is 10.1 Å². The van der Waals surface area contributed by atoms with Crippen molar-refractivity contribution in [1.82, 2.24) is 9.78 Å². The molecule has 3 rings (SSSR count). The molecule has 0 saturated heterocycles. The van der Waals surface area contributed by atoms with Crippen molar-refractivity contribution in [3.8, 4) is 11.4 Å². The van der Waals surface area contributed by atoms with Crippen LogP contribution in [0.4, 0.5) is 19.0 Å². The fourth-order valence-electron chi connectivity index (χ4n) is 2.77. The second-order valence-electron chi connectivity index (χ2n) is 6.00. The smallest absolute Gasteiger partial charge is 0.406 e. The number of ether oxygens (including phenoxy) is 1. The second kappa shape index (κ2) is 5.79. The molecule has 0 amide bonds. The highest BCUT2D eigenvalue weighted by molar-refractivity contribution is 5.57. The van der Waals surface area contributed by atoms with Gasteiger partial charge in [-0.15, -0.1) is 13.2 Å². The van der Waals surface area contributed by atoms with Crippen molar-refractivity contribution in [1.29, 1.82) is 0 Å². The fourth-order valence-corrected chi connectivity index (χ4v) is 2.77. The summed E-state index contributed by atoms with van der Waals surface area (Å²) in [7, 11) is 0. The van der Waals surface area contributed by atoms with Crippen molar-refractivity contribution in [2.45, 2.75) is 33.1 Å². The van der Waals surface area contributed by atoms with Crippen molar-refractivity contribution < 1.29 is 17.9 Å². The number of hydrogen-bond acceptors (Lipinski definition) is 3. The Morgan fingerprint density at radius 3 is 2.57 bits per heavy atom. The summed E-state index contributed by atoms with van der Waals surface area (Å²) in [6.07, 6.45) is -2.88. The van der Waals surface area contributed by atoms with Crippen LogP contribution in [0.3, 0.4) is 0 Å². The maximum atomic E-state index is 12.2. The summed E-state index contributed by atoms with van der Waals surface area (Å²) in [6, 6.07) is 5.75. The Balaban J connectivity index is 1.90. The molecule has 4 nitrogen and oxygen atoms in total. The lowest BCUT2D eigenvalue weighted by Gasteiger charge is -2.10. The molecule has 0 aliphatic carbocycles. The van der Waals surface area contributed by atoms with Gasteiger partial charge in [0.05, 0.1) is 11.4 Å². The molecule has 0 saturated carbocycles. The average Bonchev–Trinajstić information content (AvgIpc) is 3.01. The molecule has 1 aliphatic rings. The predicted molar refractivity (Wildman–Crippen MR) is 81.0 cm³/mol. The Morgan fingerprint density at radius 1 is 1.26 bits per heavy atom. The summed E-state index contributed by atoms with van der Waals surface area (Å²) in [6.45, 7) is 5.13. The summed E-state index contributed by atoms with van der Waals surface area (Å²) in [5.74, 6) is 1.19. The zero-order valence-corrected chi connectivity index (χ0v) is 12.9. The zero-order chi connectivity index (χ0) is 16.6. The maximum absolute atomic E-state index is 12.2. The van der Waals surface area contributed by atoms with Crippen molar-refractivity contribution in [3.63, 3.8) is 0 Å². The number of halogens is 3. The number of rotatable bonds is 4. The predicted octanol–water partition coefficient (Wildman–Crippen LogP) is 3.94. The Morgan fingerprint density at radius 2 is 1.96 bits per heavy atom. The molecule has 0 bridgehead atoms. The van der Waals surface area contributed by atoms with E-state index in [4.69, 9.17) is 0 Å². The SMILES string of the molecule is CC(C)Cc1nn(-c2ccc(OC(F)(F)F)cc2)c2c1CCN2. The van der Waals surface area contributed by atoms with E-state index in [2.05, 4.69) is 29.0 Å². The quantitative estimate of drug-likeness (QED) is 0.925. The molecule has 0 radical (unpaired) electrons. The molecule has 1 aromatic carbocycles. The third-order valence-corrected chi connectivity index (χ3v) is 3.65. The number of aromatic nitrogens is 2. The van der Waals surface area contributed by atoms with Gasteiger partial charge in [0, 0.05) is 12.1 Å². The second-order valence-corrected chi connectivity index (χ2v) is 6.00. The number of benzene rings is 1. The third kappa shape index (κ3) is 3.43. The normalized spacial score (nSPS) is 14.0. The van der Waals surface area contributed by atoms with E-state index < -0.39 is 6.36 Å². The monoisotopic (exact) mass is 325 g/mol. The molecular formula is C16H18F3N3O.